The summed E-state index contributed by atoms with van der Waals surface area (Å²) in [7, 11) is 1.66. The molecule has 19 heavy (non-hydrogen) atoms. The molecule has 3 atom stereocenters. The lowest BCUT2D eigenvalue weighted by Gasteiger charge is -2.40. The van der Waals surface area contributed by atoms with Gasteiger partial charge < -0.3 is 14.2 Å². The molecule has 0 saturated heterocycles. The van der Waals surface area contributed by atoms with Gasteiger partial charge in [0.1, 0.15) is 6.10 Å². The van der Waals surface area contributed by atoms with Crippen molar-refractivity contribution in [2.75, 3.05) is 20.3 Å². The molecule has 3 unspecified atom stereocenters. The largest absolute Gasteiger partial charge is 0.382 e. The Labute approximate surface area is 127 Å². The SMILES string of the molecule is COCCOC1C(Cl)CC1OCc1cccc(Br)c1. The van der Waals surface area contributed by atoms with E-state index in [1.54, 1.807) is 7.11 Å². The van der Waals surface area contributed by atoms with E-state index in [1.807, 2.05) is 18.2 Å². The fourth-order valence-electron chi connectivity index (χ4n) is 2.00. The first-order valence-electron chi connectivity index (χ1n) is 6.31. The summed E-state index contributed by atoms with van der Waals surface area (Å²) in [6.07, 6.45) is 0.898. The van der Waals surface area contributed by atoms with Gasteiger partial charge in [0.05, 0.1) is 31.3 Å². The van der Waals surface area contributed by atoms with Gasteiger partial charge in [-0.15, -0.1) is 11.6 Å². The summed E-state index contributed by atoms with van der Waals surface area (Å²) in [6, 6.07) is 8.10. The number of hydrogen-bond acceptors (Lipinski definition) is 3. The zero-order valence-corrected chi connectivity index (χ0v) is 13.2. The van der Waals surface area contributed by atoms with Gasteiger partial charge in [0.15, 0.2) is 0 Å². The molecule has 3 nitrogen and oxygen atoms in total. The Hall–Kier alpha value is -0.130. The van der Waals surface area contributed by atoms with Crippen molar-refractivity contribution in [1.29, 1.82) is 0 Å². The van der Waals surface area contributed by atoms with E-state index in [-0.39, 0.29) is 17.6 Å². The minimum absolute atomic E-state index is 0.0241. The van der Waals surface area contributed by atoms with Gasteiger partial charge in [-0.1, -0.05) is 28.1 Å². The average molecular weight is 350 g/mol. The Morgan fingerprint density at radius 2 is 2.16 bits per heavy atom. The molecule has 1 aromatic rings. The quantitative estimate of drug-likeness (QED) is 0.558. The van der Waals surface area contributed by atoms with E-state index < -0.39 is 0 Å². The predicted octanol–water partition coefficient (Wildman–Crippen LogP) is 3.38. The first-order chi connectivity index (χ1) is 9.20. The molecule has 0 N–H and O–H groups in total. The fourth-order valence-corrected chi connectivity index (χ4v) is 2.86. The number of ether oxygens (including phenoxy) is 3. The van der Waals surface area contributed by atoms with E-state index >= 15 is 0 Å². The van der Waals surface area contributed by atoms with Crippen LogP contribution in [0.3, 0.4) is 0 Å². The van der Waals surface area contributed by atoms with Crippen LogP contribution in [0.5, 0.6) is 0 Å². The van der Waals surface area contributed by atoms with Crippen molar-refractivity contribution in [2.24, 2.45) is 0 Å². The average Bonchev–Trinajstić information content (AvgIpc) is 2.39. The van der Waals surface area contributed by atoms with Crippen LogP contribution in [0.2, 0.25) is 0 Å². The molecule has 0 radical (unpaired) electrons. The van der Waals surface area contributed by atoms with Crippen LogP contribution >= 0.6 is 27.5 Å². The molecule has 0 heterocycles. The summed E-state index contributed by atoms with van der Waals surface area (Å²) in [5.41, 5.74) is 1.14. The van der Waals surface area contributed by atoms with Crippen LogP contribution < -0.4 is 0 Å². The van der Waals surface area contributed by atoms with E-state index in [1.165, 1.54) is 0 Å². The van der Waals surface area contributed by atoms with Gasteiger partial charge in [0.2, 0.25) is 0 Å². The van der Waals surface area contributed by atoms with E-state index in [4.69, 9.17) is 25.8 Å². The molecular weight excluding hydrogens is 332 g/mol. The summed E-state index contributed by atoms with van der Waals surface area (Å²) >= 11 is 9.59. The monoisotopic (exact) mass is 348 g/mol. The van der Waals surface area contributed by atoms with Crippen molar-refractivity contribution in [3.05, 3.63) is 34.3 Å². The molecule has 1 aliphatic rings. The molecule has 5 heteroatoms. The first kappa shape index (κ1) is 15.3. The van der Waals surface area contributed by atoms with Gasteiger partial charge in [0, 0.05) is 11.6 Å². The van der Waals surface area contributed by atoms with E-state index in [0.29, 0.717) is 19.8 Å². The second kappa shape index (κ2) is 7.60. The Balaban J connectivity index is 1.76. The standard InChI is InChI=1S/C14H18BrClO3/c1-17-5-6-18-14-12(16)8-13(14)19-9-10-3-2-4-11(15)7-10/h2-4,7,12-14H,5-6,8-9H2,1H3. The summed E-state index contributed by atoms with van der Waals surface area (Å²) in [4.78, 5) is 0. The Morgan fingerprint density at radius 1 is 1.32 bits per heavy atom. The Bertz CT molecular complexity index is 402. The fraction of sp³-hybridized carbons (Fsp3) is 0.571. The van der Waals surface area contributed by atoms with Crippen molar-refractivity contribution in [3.63, 3.8) is 0 Å². The lowest BCUT2D eigenvalue weighted by atomic mass is 9.91. The number of methoxy groups -OCH3 is 1. The van der Waals surface area contributed by atoms with Crippen molar-refractivity contribution in [1.82, 2.24) is 0 Å². The lowest BCUT2D eigenvalue weighted by molar-refractivity contribution is -0.135. The van der Waals surface area contributed by atoms with Gasteiger partial charge >= 0.3 is 0 Å². The molecule has 1 aliphatic carbocycles. The third-order valence-corrected chi connectivity index (χ3v) is 4.05. The predicted molar refractivity (Wildman–Crippen MR) is 78.6 cm³/mol. The minimum Gasteiger partial charge on any atom is -0.382 e. The minimum atomic E-state index is -0.0241. The highest BCUT2D eigenvalue weighted by Gasteiger charge is 2.41. The second-order valence-corrected chi connectivity index (χ2v) is 6.04. The Morgan fingerprint density at radius 3 is 2.84 bits per heavy atom. The lowest BCUT2D eigenvalue weighted by Crippen LogP contribution is -2.51. The van der Waals surface area contributed by atoms with Crippen LogP contribution in [0.4, 0.5) is 0 Å². The zero-order chi connectivity index (χ0) is 13.7. The number of hydrogen-bond donors (Lipinski definition) is 0. The molecule has 2 rings (SSSR count). The molecule has 0 aliphatic heterocycles. The number of rotatable bonds is 7. The van der Waals surface area contributed by atoms with Gasteiger partial charge in [0.25, 0.3) is 0 Å². The topological polar surface area (TPSA) is 27.7 Å². The van der Waals surface area contributed by atoms with E-state index in [9.17, 15) is 0 Å². The van der Waals surface area contributed by atoms with Crippen molar-refractivity contribution < 1.29 is 14.2 Å². The highest BCUT2D eigenvalue weighted by Crippen LogP contribution is 2.32. The molecular formula is C14H18BrClO3. The highest BCUT2D eigenvalue weighted by molar-refractivity contribution is 9.10. The molecule has 0 aromatic heterocycles. The number of halogens is 2. The number of benzene rings is 1. The molecule has 0 amide bonds. The van der Waals surface area contributed by atoms with Gasteiger partial charge in [-0.05, 0) is 24.1 Å². The molecule has 1 fully saturated rings. The van der Waals surface area contributed by atoms with Gasteiger partial charge in [-0.3, -0.25) is 0 Å². The summed E-state index contributed by atoms with van der Waals surface area (Å²) in [5.74, 6) is 0. The molecule has 0 bridgehead atoms. The van der Waals surface area contributed by atoms with Crippen molar-refractivity contribution in [3.8, 4) is 0 Å². The molecule has 106 valence electrons. The number of alkyl halides is 1. The highest BCUT2D eigenvalue weighted by atomic mass is 79.9. The summed E-state index contributed by atoms with van der Waals surface area (Å²) in [6.45, 7) is 1.72. The first-order valence-corrected chi connectivity index (χ1v) is 7.54. The Kier molecular flexibility index (Phi) is 6.10. The zero-order valence-electron chi connectivity index (χ0n) is 10.9. The van der Waals surface area contributed by atoms with Crippen LogP contribution in [0.25, 0.3) is 0 Å². The van der Waals surface area contributed by atoms with Gasteiger partial charge in [-0.2, -0.15) is 0 Å². The maximum Gasteiger partial charge on any atom is 0.100 e. The second-order valence-electron chi connectivity index (χ2n) is 4.56. The normalized spacial score (nSPS) is 26.2. The van der Waals surface area contributed by atoms with Crippen LogP contribution in [0.1, 0.15) is 12.0 Å². The summed E-state index contributed by atoms with van der Waals surface area (Å²) < 4.78 is 17.5. The van der Waals surface area contributed by atoms with Crippen LogP contribution in [0, 0.1) is 0 Å². The summed E-state index contributed by atoms with van der Waals surface area (Å²) in [5, 5.41) is 0.0457. The third kappa shape index (κ3) is 4.43. The molecule has 1 aromatic carbocycles. The molecule has 0 spiro atoms. The molecule has 1 saturated carbocycles. The van der Waals surface area contributed by atoms with E-state index in [2.05, 4.69) is 22.0 Å². The van der Waals surface area contributed by atoms with Crippen molar-refractivity contribution >= 4 is 27.5 Å². The van der Waals surface area contributed by atoms with Gasteiger partial charge in [-0.25, -0.2) is 0 Å². The smallest absolute Gasteiger partial charge is 0.100 e. The van der Waals surface area contributed by atoms with Crippen LogP contribution in [-0.2, 0) is 20.8 Å². The maximum atomic E-state index is 6.14. The maximum absolute atomic E-state index is 6.14. The third-order valence-electron chi connectivity index (χ3n) is 3.13. The van der Waals surface area contributed by atoms with Crippen LogP contribution in [0.15, 0.2) is 28.7 Å². The van der Waals surface area contributed by atoms with Crippen LogP contribution in [-0.4, -0.2) is 37.9 Å². The van der Waals surface area contributed by atoms with E-state index in [0.717, 1.165) is 16.5 Å². The van der Waals surface area contributed by atoms with Crippen molar-refractivity contribution in [2.45, 2.75) is 30.6 Å².